The number of hydrogen-bond acceptors (Lipinski definition) is 5. The molecule has 0 saturated carbocycles. The molecule has 0 aliphatic carbocycles. The molecule has 21 heavy (non-hydrogen) atoms. The lowest BCUT2D eigenvalue weighted by Gasteiger charge is -2.34. The normalized spacial score (nSPS) is 25.7. The number of esters is 1. The van der Waals surface area contributed by atoms with Gasteiger partial charge >= 0.3 is 5.97 Å². The van der Waals surface area contributed by atoms with E-state index < -0.39 is 11.4 Å². The Labute approximate surface area is 129 Å². The Kier molecular flexibility index (Phi) is 4.94. The van der Waals surface area contributed by atoms with Crippen molar-refractivity contribution in [3.8, 4) is 6.07 Å². The summed E-state index contributed by atoms with van der Waals surface area (Å²) in [5.41, 5.74) is -0.644. The van der Waals surface area contributed by atoms with E-state index in [4.69, 9.17) is 4.74 Å². The number of carbonyl (C=O) groups is 2. The van der Waals surface area contributed by atoms with Crippen LogP contribution in [0, 0.1) is 16.7 Å². The van der Waals surface area contributed by atoms with E-state index in [9.17, 15) is 14.9 Å². The molecule has 1 atom stereocenters. The zero-order valence-corrected chi connectivity index (χ0v) is 13.3. The predicted molar refractivity (Wildman–Crippen MR) is 80.3 cm³/mol. The first kappa shape index (κ1) is 15.9. The van der Waals surface area contributed by atoms with E-state index in [1.807, 2.05) is 0 Å². The van der Waals surface area contributed by atoms with Crippen LogP contribution in [0.15, 0.2) is 10.5 Å². The minimum absolute atomic E-state index is 0.151. The molecule has 1 saturated heterocycles. The Morgan fingerprint density at radius 1 is 1.43 bits per heavy atom. The van der Waals surface area contributed by atoms with Gasteiger partial charge in [0.15, 0.2) is 5.41 Å². The van der Waals surface area contributed by atoms with E-state index in [-0.39, 0.29) is 12.5 Å². The Morgan fingerprint density at radius 2 is 2.10 bits per heavy atom. The van der Waals surface area contributed by atoms with Crippen molar-refractivity contribution in [2.75, 3.05) is 25.4 Å². The van der Waals surface area contributed by atoms with Crippen molar-refractivity contribution in [2.24, 2.45) is 5.41 Å². The first-order valence-electron chi connectivity index (χ1n) is 7.28. The third-order valence-electron chi connectivity index (χ3n) is 4.11. The summed E-state index contributed by atoms with van der Waals surface area (Å²) >= 11 is 1.38. The topological polar surface area (TPSA) is 70.4 Å². The Balaban J connectivity index is 2.37. The first-order chi connectivity index (χ1) is 10.1. The number of carbonyl (C=O) groups excluding carboxylic acids is 2. The van der Waals surface area contributed by atoms with Gasteiger partial charge in [0.05, 0.1) is 17.6 Å². The second-order valence-electron chi connectivity index (χ2n) is 5.29. The minimum Gasteiger partial charge on any atom is -0.462 e. The lowest BCUT2D eigenvalue weighted by molar-refractivity contribution is -0.138. The quantitative estimate of drug-likeness (QED) is 0.747. The number of nitrogens with zero attached hydrogens (tertiary/aromatic N) is 2. The van der Waals surface area contributed by atoms with Gasteiger partial charge in [-0.1, -0.05) is 0 Å². The van der Waals surface area contributed by atoms with Crippen LogP contribution in [0.4, 0.5) is 0 Å². The molecule has 0 spiro atoms. The summed E-state index contributed by atoms with van der Waals surface area (Å²) in [7, 11) is 0. The van der Waals surface area contributed by atoms with Gasteiger partial charge in [-0.3, -0.25) is 4.79 Å². The fraction of sp³-hybridized carbons (Fsp3) is 0.667. The zero-order valence-electron chi connectivity index (χ0n) is 12.5. The van der Waals surface area contributed by atoms with Gasteiger partial charge in [-0.05, 0) is 38.7 Å². The van der Waals surface area contributed by atoms with Crippen LogP contribution in [0.1, 0.15) is 33.1 Å². The van der Waals surface area contributed by atoms with E-state index in [1.54, 1.807) is 18.7 Å². The maximum atomic E-state index is 12.8. The van der Waals surface area contributed by atoms with Crippen molar-refractivity contribution < 1.29 is 14.3 Å². The van der Waals surface area contributed by atoms with Crippen molar-refractivity contribution in [1.82, 2.24) is 4.90 Å². The summed E-state index contributed by atoms with van der Waals surface area (Å²) in [6.07, 6.45) is 2.42. The molecule has 0 aromatic heterocycles. The molecule has 0 bridgehead atoms. The van der Waals surface area contributed by atoms with Crippen LogP contribution in [0.2, 0.25) is 0 Å². The molecule has 2 aliphatic heterocycles. The van der Waals surface area contributed by atoms with Gasteiger partial charge in [-0.25, -0.2) is 4.79 Å². The Bertz CT molecular complexity index is 518. The van der Waals surface area contributed by atoms with Crippen molar-refractivity contribution in [3.05, 3.63) is 10.5 Å². The van der Waals surface area contributed by atoms with Crippen LogP contribution >= 0.6 is 11.8 Å². The molecule has 1 fully saturated rings. The first-order valence-corrected chi connectivity index (χ1v) is 8.27. The zero-order chi connectivity index (χ0) is 15.5. The number of amides is 1. The average Bonchev–Trinajstić information content (AvgIpc) is 3.01. The van der Waals surface area contributed by atoms with Crippen LogP contribution in [0.3, 0.4) is 0 Å². The standard InChI is InChI=1S/C15H20N2O3S/c1-3-20-13(18)12-11(2)15(10-16,6-9-21-12)14(19)17-7-4-5-8-17/h3-9H2,1-2H3. The Morgan fingerprint density at radius 3 is 2.67 bits per heavy atom. The maximum Gasteiger partial charge on any atom is 0.344 e. The van der Waals surface area contributed by atoms with Crippen molar-refractivity contribution in [2.45, 2.75) is 33.1 Å². The van der Waals surface area contributed by atoms with Crippen LogP contribution in [0.25, 0.3) is 0 Å². The van der Waals surface area contributed by atoms with Crippen LogP contribution in [-0.2, 0) is 14.3 Å². The predicted octanol–water partition coefficient (Wildman–Crippen LogP) is 2.09. The molecule has 2 aliphatic rings. The molecule has 0 radical (unpaired) electrons. The van der Waals surface area contributed by atoms with Gasteiger partial charge in [0, 0.05) is 18.8 Å². The molecule has 2 heterocycles. The molecular weight excluding hydrogens is 288 g/mol. The second kappa shape index (κ2) is 6.52. The third kappa shape index (κ3) is 2.80. The van der Waals surface area contributed by atoms with Crippen LogP contribution in [0.5, 0.6) is 0 Å². The number of thioether (sulfide) groups is 1. The van der Waals surface area contributed by atoms with Gasteiger partial charge in [0.25, 0.3) is 0 Å². The van der Waals surface area contributed by atoms with Crippen molar-refractivity contribution in [1.29, 1.82) is 5.26 Å². The summed E-state index contributed by atoms with van der Waals surface area (Å²) in [5.74, 6) is 0.00850. The van der Waals surface area contributed by atoms with Gasteiger partial charge in [0.2, 0.25) is 5.91 Å². The van der Waals surface area contributed by atoms with E-state index >= 15 is 0 Å². The van der Waals surface area contributed by atoms with E-state index in [0.717, 1.165) is 12.8 Å². The number of hydrogen-bond donors (Lipinski definition) is 0. The highest BCUT2D eigenvalue weighted by molar-refractivity contribution is 8.04. The third-order valence-corrected chi connectivity index (χ3v) is 5.28. The molecule has 0 aromatic rings. The number of ether oxygens (including phenoxy) is 1. The number of likely N-dealkylation sites (tertiary alicyclic amines) is 1. The fourth-order valence-corrected chi connectivity index (χ4v) is 4.03. The highest BCUT2D eigenvalue weighted by Gasteiger charge is 2.47. The lowest BCUT2D eigenvalue weighted by Crippen LogP contribution is -2.44. The minimum atomic E-state index is -1.20. The SMILES string of the molecule is CCOC(=O)C1=C(C)C(C#N)(C(=O)N2CCCC2)CCS1. The summed E-state index contributed by atoms with van der Waals surface area (Å²) in [6.45, 7) is 5.16. The highest BCUT2D eigenvalue weighted by Crippen LogP contribution is 2.44. The number of nitriles is 1. The van der Waals surface area contributed by atoms with Gasteiger partial charge in [-0.2, -0.15) is 5.26 Å². The van der Waals surface area contributed by atoms with E-state index in [2.05, 4.69) is 6.07 Å². The van der Waals surface area contributed by atoms with Crippen molar-refractivity contribution >= 4 is 23.6 Å². The maximum absolute atomic E-state index is 12.8. The molecular formula is C15H20N2O3S. The van der Waals surface area contributed by atoms with Crippen LogP contribution in [-0.4, -0.2) is 42.2 Å². The molecule has 114 valence electrons. The van der Waals surface area contributed by atoms with Gasteiger partial charge < -0.3 is 9.64 Å². The number of rotatable bonds is 3. The smallest absolute Gasteiger partial charge is 0.344 e. The fourth-order valence-electron chi connectivity index (χ4n) is 2.85. The Hall–Kier alpha value is -1.48. The molecule has 5 nitrogen and oxygen atoms in total. The molecule has 6 heteroatoms. The average molecular weight is 308 g/mol. The highest BCUT2D eigenvalue weighted by atomic mass is 32.2. The van der Waals surface area contributed by atoms with Gasteiger partial charge in [-0.15, -0.1) is 11.8 Å². The summed E-state index contributed by atoms with van der Waals surface area (Å²) in [4.78, 5) is 27.0. The lowest BCUT2D eigenvalue weighted by atomic mass is 9.77. The molecule has 1 unspecified atom stereocenters. The largest absolute Gasteiger partial charge is 0.462 e. The van der Waals surface area contributed by atoms with Crippen LogP contribution < -0.4 is 0 Å². The summed E-state index contributed by atoms with van der Waals surface area (Å²) in [6, 6.07) is 2.20. The monoisotopic (exact) mass is 308 g/mol. The van der Waals surface area contributed by atoms with E-state index in [1.165, 1.54) is 11.8 Å². The molecule has 2 rings (SSSR count). The van der Waals surface area contributed by atoms with E-state index in [0.29, 0.717) is 35.7 Å². The molecule has 0 N–H and O–H groups in total. The summed E-state index contributed by atoms with van der Waals surface area (Å²) < 4.78 is 5.04. The molecule has 0 aromatic carbocycles. The second-order valence-corrected chi connectivity index (χ2v) is 6.39. The van der Waals surface area contributed by atoms with Crippen molar-refractivity contribution in [3.63, 3.8) is 0 Å². The molecule has 1 amide bonds. The summed E-state index contributed by atoms with van der Waals surface area (Å²) in [5, 5.41) is 9.68. The van der Waals surface area contributed by atoms with Gasteiger partial charge in [0.1, 0.15) is 0 Å².